The third kappa shape index (κ3) is 2.63. The highest BCUT2D eigenvalue weighted by Crippen LogP contribution is 2.26. The van der Waals surface area contributed by atoms with Crippen LogP contribution in [0.3, 0.4) is 0 Å². The van der Waals surface area contributed by atoms with Gasteiger partial charge in [0.1, 0.15) is 17.5 Å². The van der Waals surface area contributed by atoms with E-state index in [1.165, 1.54) is 19.1 Å². The number of hydrogen-bond acceptors (Lipinski definition) is 1. The Bertz CT molecular complexity index is 623. The Balaban J connectivity index is 2.49. The van der Waals surface area contributed by atoms with Gasteiger partial charge in [-0.2, -0.15) is 0 Å². The molecule has 1 nitrogen and oxygen atoms in total. The first-order valence-corrected chi connectivity index (χ1v) is 5.87. The van der Waals surface area contributed by atoms with E-state index in [1.54, 1.807) is 13.0 Å². The molecule has 0 radical (unpaired) electrons. The topological polar surface area (TPSA) is 26.0 Å². The van der Waals surface area contributed by atoms with Crippen LogP contribution in [0, 0.1) is 31.3 Å². The summed E-state index contributed by atoms with van der Waals surface area (Å²) < 4.78 is 41.1. The van der Waals surface area contributed by atoms with E-state index in [9.17, 15) is 13.2 Å². The minimum Gasteiger partial charge on any atom is -0.320 e. The smallest absolute Gasteiger partial charge is 0.128 e. The highest BCUT2D eigenvalue weighted by molar-refractivity contribution is 5.36. The molecule has 1 atom stereocenters. The standard InChI is InChI=1S/C15H14F3N/c1-8-3-4-10(13(17)5-8)15(19)11-7-12(16)9(2)6-14(11)18/h3-7,15H,19H2,1-2H3. The first-order chi connectivity index (χ1) is 8.90. The van der Waals surface area contributed by atoms with Gasteiger partial charge in [-0.15, -0.1) is 0 Å². The molecule has 4 heteroatoms. The number of nitrogens with two attached hydrogens (primary N) is 1. The monoisotopic (exact) mass is 265 g/mol. The molecule has 0 saturated carbocycles. The van der Waals surface area contributed by atoms with Crippen LogP contribution in [0.1, 0.15) is 28.3 Å². The highest BCUT2D eigenvalue weighted by atomic mass is 19.1. The largest absolute Gasteiger partial charge is 0.320 e. The summed E-state index contributed by atoms with van der Waals surface area (Å²) in [5.74, 6) is -1.71. The fourth-order valence-corrected chi connectivity index (χ4v) is 1.95. The molecule has 19 heavy (non-hydrogen) atoms. The van der Waals surface area contributed by atoms with Crippen molar-refractivity contribution in [1.82, 2.24) is 0 Å². The Morgan fingerprint density at radius 3 is 2.11 bits per heavy atom. The van der Waals surface area contributed by atoms with Crippen molar-refractivity contribution in [3.63, 3.8) is 0 Å². The van der Waals surface area contributed by atoms with Gasteiger partial charge in [-0.05, 0) is 43.2 Å². The molecule has 0 spiro atoms. The molecular formula is C15H14F3N. The Labute approximate surface area is 109 Å². The number of benzene rings is 2. The molecule has 0 aliphatic carbocycles. The molecule has 100 valence electrons. The second kappa shape index (κ2) is 5.05. The Morgan fingerprint density at radius 1 is 0.842 bits per heavy atom. The number of halogens is 3. The second-order valence-corrected chi connectivity index (χ2v) is 4.63. The van der Waals surface area contributed by atoms with Gasteiger partial charge < -0.3 is 5.73 Å². The molecule has 0 aromatic heterocycles. The molecule has 0 aliphatic rings. The molecule has 0 heterocycles. The van der Waals surface area contributed by atoms with Gasteiger partial charge in [-0.1, -0.05) is 12.1 Å². The number of rotatable bonds is 2. The quantitative estimate of drug-likeness (QED) is 0.878. The van der Waals surface area contributed by atoms with Crippen LogP contribution in [-0.2, 0) is 0 Å². The number of aryl methyl sites for hydroxylation is 2. The van der Waals surface area contributed by atoms with E-state index in [4.69, 9.17) is 5.73 Å². The van der Waals surface area contributed by atoms with Crippen molar-refractivity contribution in [3.05, 3.63) is 70.0 Å². The lowest BCUT2D eigenvalue weighted by Crippen LogP contribution is -2.16. The maximum Gasteiger partial charge on any atom is 0.128 e. The van der Waals surface area contributed by atoms with Crippen molar-refractivity contribution < 1.29 is 13.2 Å². The van der Waals surface area contributed by atoms with Gasteiger partial charge >= 0.3 is 0 Å². The van der Waals surface area contributed by atoms with Crippen molar-refractivity contribution in [1.29, 1.82) is 0 Å². The van der Waals surface area contributed by atoms with Gasteiger partial charge in [0.05, 0.1) is 6.04 Å². The highest BCUT2D eigenvalue weighted by Gasteiger charge is 2.19. The van der Waals surface area contributed by atoms with Crippen molar-refractivity contribution in [2.75, 3.05) is 0 Å². The summed E-state index contributed by atoms with van der Waals surface area (Å²) in [6, 6.07) is 5.55. The average molecular weight is 265 g/mol. The molecule has 2 aromatic carbocycles. The van der Waals surface area contributed by atoms with E-state index in [-0.39, 0.29) is 16.7 Å². The van der Waals surface area contributed by atoms with Crippen LogP contribution < -0.4 is 5.73 Å². The van der Waals surface area contributed by atoms with E-state index in [2.05, 4.69) is 0 Å². The predicted molar refractivity (Wildman–Crippen MR) is 68.3 cm³/mol. The second-order valence-electron chi connectivity index (χ2n) is 4.63. The molecule has 1 unspecified atom stereocenters. The van der Waals surface area contributed by atoms with Crippen molar-refractivity contribution in [2.45, 2.75) is 19.9 Å². The van der Waals surface area contributed by atoms with Gasteiger partial charge in [0.15, 0.2) is 0 Å². The van der Waals surface area contributed by atoms with Crippen LogP contribution in [0.4, 0.5) is 13.2 Å². The lowest BCUT2D eigenvalue weighted by atomic mass is 9.96. The van der Waals surface area contributed by atoms with Gasteiger partial charge in [0.25, 0.3) is 0 Å². The van der Waals surface area contributed by atoms with Crippen molar-refractivity contribution in [2.24, 2.45) is 5.73 Å². The molecule has 0 aliphatic heterocycles. The molecule has 0 fully saturated rings. The Hall–Kier alpha value is -1.81. The van der Waals surface area contributed by atoms with Crippen LogP contribution in [0.25, 0.3) is 0 Å². The van der Waals surface area contributed by atoms with Gasteiger partial charge in [0, 0.05) is 11.1 Å². The summed E-state index contributed by atoms with van der Waals surface area (Å²) in [7, 11) is 0. The Morgan fingerprint density at radius 2 is 1.47 bits per heavy atom. The summed E-state index contributed by atoms with van der Waals surface area (Å²) in [5, 5.41) is 0. The SMILES string of the molecule is Cc1ccc(C(N)c2cc(F)c(C)cc2F)c(F)c1. The third-order valence-corrected chi connectivity index (χ3v) is 3.10. The molecular weight excluding hydrogens is 251 g/mol. The van der Waals surface area contributed by atoms with Crippen molar-refractivity contribution >= 4 is 0 Å². The molecule has 2 rings (SSSR count). The van der Waals surface area contributed by atoms with Crippen LogP contribution in [0.15, 0.2) is 30.3 Å². The first-order valence-electron chi connectivity index (χ1n) is 5.87. The van der Waals surface area contributed by atoms with E-state index < -0.39 is 23.5 Å². The lowest BCUT2D eigenvalue weighted by molar-refractivity contribution is 0.558. The van der Waals surface area contributed by atoms with Crippen LogP contribution in [0.2, 0.25) is 0 Å². The predicted octanol–water partition coefficient (Wildman–Crippen LogP) is 3.77. The lowest BCUT2D eigenvalue weighted by Gasteiger charge is -2.15. The summed E-state index contributed by atoms with van der Waals surface area (Å²) in [6.45, 7) is 3.20. The minimum absolute atomic E-state index is 0.0501. The normalized spacial score (nSPS) is 12.5. The fraction of sp³-hybridized carbons (Fsp3) is 0.200. The summed E-state index contributed by atoms with van der Waals surface area (Å²) in [5.41, 5.74) is 6.87. The molecule has 2 N–H and O–H groups in total. The first kappa shape index (κ1) is 13.6. The Kier molecular flexibility index (Phi) is 3.62. The maximum absolute atomic E-state index is 13.8. The molecule has 2 aromatic rings. The van der Waals surface area contributed by atoms with Crippen LogP contribution in [-0.4, -0.2) is 0 Å². The van der Waals surface area contributed by atoms with E-state index in [0.29, 0.717) is 0 Å². The third-order valence-electron chi connectivity index (χ3n) is 3.10. The summed E-state index contributed by atoms with van der Waals surface area (Å²) >= 11 is 0. The maximum atomic E-state index is 13.8. The zero-order chi connectivity index (χ0) is 14.2. The minimum atomic E-state index is -1.03. The average Bonchev–Trinajstić information content (AvgIpc) is 2.33. The molecule has 0 amide bonds. The molecule has 0 bridgehead atoms. The van der Waals surface area contributed by atoms with Crippen molar-refractivity contribution in [3.8, 4) is 0 Å². The summed E-state index contributed by atoms with van der Waals surface area (Å²) in [4.78, 5) is 0. The van der Waals surface area contributed by atoms with E-state index >= 15 is 0 Å². The molecule has 0 saturated heterocycles. The zero-order valence-electron chi connectivity index (χ0n) is 10.7. The fourth-order valence-electron chi connectivity index (χ4n) is 1.95. The zero-order valence-corrected chi connectivity index (χ0v) is 10.7. The van der Waals surface area contributed by atoms with E-state index in [1.807, 2.05) is 0 Å². The van der Waals surface area contributed by atoms with E-state index in [0.717, 1.165) is 17.7 Å². The van der Waals surface area contributed by atoms with Gasteiger partial charge in [-0.25, -0.2) is 13.2 Å². The van der Waals surface area contributed by atoms with Crippen LogP contribution >= 0.6 is 0 Å². The summed E-state index contributed by atoms with van der Waals surface area (Å²) in [6.07, 6.45) is 0. The van der Waals surface area contributed by atoms with Crippen LogP contribution in [0.5, 0.6) is 0 Å². The number of hydrogen-bond donors (Lipinski definition) is 1. The van der Waals surface area contributed by atoms with Gasteiger partial charge in [-0.3, -0.25) is 0 Å². The van der Waals surface area contributed by atoms with Gasteiger partial charge in [0.2, 0.25) is 0 Å².